The van der Waals surface area contributed by atoms with Crippen molar-refractivity contribution in [1.82, 2.24) is 4.90 Å². The maximum atomic E-state index is 5.76. The van der Waals surface area contributed by atoms with Crippen LogP contribution in [0.1, 0.15) is 17.7 Å². The zero-order valence-electron chi connectivity index (χ0n) is 8.29. The average molecular weight is 230 g/mol. The number of likely N-dealkylation sites (tertiary alicyclic amines) is 1. The summed E-state index contributed by atoms with van der Waals surface area (Å²) in [5, 5.41) is 2.15. The highest BCUT2D eigenvalue weighted by Gasteiger charge is 2.21. The Bertz CT molecular complexity index is 260. The predicted molar refractivity (Wildman–Crippen MR) is 63.0 cm³/mol. The first-order chi connectivity index (χ1) is 6.88. The zero-order valence-corrected chi connectivity index (χ0v) is 9.86. The fraction of sp³-hybridized carbons (Fsp3) is 0.636. The van der Waals surface area contributed by atoms with Crippen LogP contribution in [-0.2, 0) is 6.54 Å². The first-order valence-corrected chi connectivity index (χ1v) is 6.60. The Morgan fingerprint density at radius 3 is 3.21 bits per heavy atom. The fourth-order valence-corrected chi connectivity index (χ4v) is 3.12. The SMILES string of the molecule is ClCCC1CCN(Cc2cccs2)C1. The maximum absolute atomic E-state index is 5.76. The molecular formula is C11H16ClNS. The lowest BCUT2D eigenvalue weighted by Crippen LogP contribution is -2.19. The second kappa shape index (κ2) is 5.15. The third kappa shape index (κ3) is 2.72. The number of thiophene rings is 1. The average Bonchev–Trinajstić information content (AvgIpc) is 2.79. The molecule has 0 bridgehead atoms. The van der Waals surface area contributed by atoms with E-state index in [-0.39, 0.29) is 0 Å². The van der Waals surface area contributed by atoms with Gasteiger partial charge in [0.25, 0.3) is 0 Å². The highest BCUT2D eigenvalue weighted by atomic mass is 35.5. The highest BCUT2D eigenvalue weighted by Crippen LogP contribution is 2.22. The normalized spacial score (nSPS) is 23.1. The van der Waals surface area contributed by atoms with Gasteiger partial charge in [0.15, 0.2) is 0 Å². The molecule has 1 aromatic rings. The van der Waals surface area contributed by atoms with Gasteiger partial charge in [-0.3, -0.25) is 4.90 Å². The molecular weight excluding hydrogens is 214 g/mol. The van der Waals surface area contributed by atoms with Crippen molar-refractivity contribution in [3.05, 3.63) is 22.4 Å². The Balaban J connectivity index is 1.79. The smallest absolute Gasteiger partial charge is 0.0328 e. The van der Waals surface area contributed by atoms with Gasteiger partial charge in [0.1, 0.15) is 0 Å². The molecule has 0 saturated carbocycles. The van der Waals surface area contributed by atoms with Crippen molar-refractivity contribution in [3.63, 3.8) is 0 Å². The lowest BCUT2D eigenvalue weighted by atomic mass is 10.1. The molecule has 1 atom stereocenters. The van der Waals surface area contributed by atoms with Gasteiger partial charge < -0.3 is 0 Å². The molecule has 14 heavy (non-hydrogen) atoms. The van der Waals surface area contributed by atoms with Crippen LogP contribution >= 0.6 is 22.9 Å². The van der Waals surface area contributed by atoms with Crippen LogP contribution in [-0.4, -0.2) is 23.9 Å². The summed E-state index contributed by atoms with van der Waals surface area (Å²) in [6.07, 6.45) is 2.51. The lowest BCUT2D eigenvalue weighted by Gasteiger charge is -2.14. The first-order valence-electron chi connectivity index (χ1n) is 5.19. The predicted octanol–water partition coefficient (Wildman–Crippen LogP) is 3.20. The van der Waals surface area contributed by atoms with Crippen LogP contribution in [0, 0.1) is 5.92 Å². The third-order valence-electron chi connectivity index (χ3n) is 2.85. The first kappa shape index (κ1) is 10.5. The highest BCUT2D eigenvalue weighted by molar-refractivity contribution is 7.09. The summed E-state index contributed by atoms with van der Waals surface area (Å²) in [4.78, 5) is 4.03. The summed E-state index contributed by atoms with van der Waals surface area (Å²) >= 11 is 7.61. The molecule has 2 rings (SSSR count). The van der Waals surface area contributed by atoms with Crippen molar-refractivity contribution in [1.29, 1.82) is 0 Å². The van der Waals surface area contributed by atoms with Gasteiger partial charge in [-0.15, -0.1) is 22.9 Å². The minimum atomic E-state index is 0.817. The molecule has 0 spiro atoms. The van der Waals surface area contributed by atoms with Crippen molar-refractivity contribution >= 4 is 22.9 Å². The molecule has 1 saturated heterocycles. The molecule has 2 heterocycles. The number of hydrogen-bond donors (Lipinski definition) is 0. The van der Waals surface area contributed by atoms with E-state index in [1.54, 1.807) is 0 Å². The number of alkyl halides is 1. The summed E-state index contributed by atoms with van der Waals surface area (Å²) in [6.45, 7) is 3.63. The zero-order chi connectivity index (χ0) is 9.80. The van der Waals surface area contributed by atoms with Crippen molar-refractivity contribution < 1.29 is 0 Å². The summed E-state index contributed by atoms with van der Waals surface area (Å²) in [5.41, 5.74) is 0. The number of nitrogens with zero attached hydrogens (tertiary/aromatic N) is 1. The van der Waals surface area contributed by atoms with E-state index in [1.807, 2.05) is 11.3 Å². The second-order valence-corrected chi connectivity index (χ2v) is 5.36. The van der Waals surface area contributed by atoms with E-state index in [9.17, 15) is 0 Å². The van der Waals surface area contributed by atoms with Gasteiger partial charge in [-0.05, 0) is 36.8 Å². The molecule has 3 heteroatoms. The molecule has 0 aromatic carbocycles. The fourth-order valence-electron chi connectivity index (χ4n) is 2.07. The van der Waals surface area contributed by atoms with Crippen LogP contribution in [0.4, 0.5) is 0 Å². The Morgan fingerprint density at radius 2 is 2.50 bits per heavy atom. The number of hydrogen-bond acceptors (Lipinski definition) is 2. The molecule has 0 N–H and O–H groups in total. The molecule has 1 aromatic heterocycles. The molecule has 78 valence electrons. The van der Waals surface area contributed by atoms with Gasteiger partial charge in [-0.25, -0.2) is 0 Å². The van der Waals surface area contributed by atoms with Crippen molar-refractivity contribution in [2.75, 3.05) is 19.0 Å². The number of rotatable bonds is 4. The Kier molecular flexibility index (Phi) is 3.85. The van der Waals surface area contributed by atoms with E-state index < -0.39 is 0 Å². The summed E-state index contributed by atoms with van der Waals surface area (Å²) < 4.78 is 0. The standard InChI is InChI=1S/C11H16ClNS/c12-5-3-10-4-6-13(8-10)9-11-2-1-7-14-11/h1-2,7,10H,3-6,8-9H2. The van der Waals surface area contributed by atoms with Crippen molar-refractivity contribution in [3.8, 4) is 0 Å². The molecule has 1 aliphatic rings. The minimum absolute atomic E-state index is 0.817. The summed E-state index contributed by atoms with van der Waals surface area (Å²) in [5.74, 6) is 1.66. The van der Waals surface area contributed by atoms with E-state index in [4.69, 9.17) is 11.6 Å². The molecule has 0 amide bonds. The molecule has 1 aliphatic heterocycles. The van der Waals surface area contributed by atoms with Gasteiger partial charge in [0.2, 0.25) is 0 Å². The van der Waals surface area contributed by atoms with Crippen LogP contribution in [0.25, 0.3) is 0 Å². The van der Waals surface area contributed by atoms with Crippen LogP contribution in [0.5, 0.6) is 0 Å². The van der Waals surface area contributed by atoms with Crippen molar-refractivity contribution in [2.24, 2.45) is 5.92 Å². The van der Waals surface area contributed by atoms with E-state index in [0.29, 0.717) is 0 Å². The Labute approximate surface area is 94.7 Å². The van der Waals surface area contributed by atoms with Crippen LogP contribution < -0.4 is 0 Å². The van der Waals surface area contributed by atoms with E-state index in [0.717, 1.165) is 18.3 Å². The molecule has 1 unspecified atom stereocenters. The Morgan fingerprint density at radius 1 is 1.57 bits per heavy atom. The van der Waals surface area contributed by atoms with E-state index >= 15 is 0 Å². The minimum Gasteiger partial charge on any atom is -0.298 e. The lowest BCUT2D eigenvalue weighted by molar-refractivity contribution is 0.318. The largest absolute Gasteiger partial charge is 0.298 e. The third-order valence-corrected chi connectivity index (χ3v) is 3.93. The molecule has 0 aliphatic carbocycles. The van der Waals surface area contributed by atoms with Crippen molar-refractivity contribution in [2.45, 2.75) is 19.4 Å². The maximum Gasteiger partial charge on any atom is 0.0328 e. The van der Waals surface area contributed by atoms with E-state index in [1.165, 1.54) is 30.8 Å². The molecule has 1 fully saturated rings. The Hall–Kier alpha value is -0.0500. The van der Waals surface area contributed by atoms with E-state index in [2.05, 4.69) is 22.4 Å². The monoisotopic (exact) mass is 229 g/mol. The van der Waals surface area contributed by atoms with Crippen LogP contribution in [0.2, 0.25) is 0 Å². The molecule has 1 nitrogen and oxygen atoms in total. The molecule has 0 radical (unpaired) electrons. The van der Waals surface area contributed by atoms with Gasteiger partial charge >= 0.3 is 0 Å². The second-order valence-electron chi connectivity index (χ2n) is 3.95. The van der Waals surface area contributed by atoms with Crippen LogP contribution in [0.15, 0.2) is 17.5 Å². The van der Waals surface area contributed by atoms with Gasteiger partial charge in [0, 0.05) is 23.8 Å². The van der Waals surface area contributed by atoms with Gasteiger partial charge in [0.05, 0.1) is 0 Å². The van der Waals surface area contributed by atoms with Gasteiger partial charge in [-0.2, -0.15) is 0 Å². The summed E-state index contributed by atoms with van der Waals surface area (Å²) in [7, 11) is 0. The number of halogens is 1. The topological polar surface area (TPSA) is 3.24 Å². The van der Waals surface area contributed by atoms with Gasteiger partial charge in [-0.1, -0.05) is 6.07 Å². The summed E-state index contributed by atoms with van der Waals surface area (Å²) in [6, 6.07) is 4.35. The van der Waals surface area contributed by atoms with Crippen LogP contribution in [0.3, 0.4) is 0 Å². The quantitative estimate of drug-likeness (QED) is 0.717.